The van der Waals surface area contributed by atoms with Crippen LogP contribution in [0.2, 0.25) is 0 Å². The molecule has 4 aromatic rings. The van der Waals surface area contributed by atoms with Crippen LogP contribution in [-0.4, -0.2) is 24.9 Å². The van der Waals surface area contributed by atoms with Gasteiger partial charge in [-0.15, -0.1) is 10.2 Å². The SMILES string of the molecule is CCn1c(SCc2nc(-c3ccc(C)cc3)no2)nnc1-c1ccco1. The Morgan fingerprint density at radius 3 is 2.69 bits per heavy atom. The first-order valence-electron chi connectivity index (χ1n) is 8.24. The third-order valence-electron chi connectivity index (χ3n) is 3.88. The van der Waals surface area contributed by atoms with Gasteiger partial charge in [0, 0.05) is 12.1 Å². The third kappa shape index (κ3) is 3.28. The van der Waals surface area contributed by atoms with Gasteiger partial charge in [0.25, 0.3) is 0 Å². The first kappa shape index (κ1) is 16.6. The summed E-state index contributed by atoms with van der Waals surface area (Å²) in [5.41, 5.74) is 2.13. The fraction of sp³-hybridized carbons (Fsp3) is 0.222. The fourth-order valence-corrected chi connectivity index (χ4v) is 3.37. The summed E-state index contributed by atoms with van der Waals surface area (Å²) < 4.78 is 12.8. The summed E-state index contributed by atoms with van der Waals surface area (Å²) >= 11 is 1.51. The van der Waals surface area contributed by atoms with Gasteiger partial charge < -0.3 is 8.94 Å². The number of nitrogens with zero attached hydrogens (tertiary/aromatic N) is 5. The van der Waals surface area contributed by atoms with Crippen molar-refractivity contribution in [1.82, 2.24) is 24.9 Å². The van der Waals surface area contributed by atoms with E-state index in [-0.39, 0.29) is 0 Å². The zero-order valence-corrected chi connectivity index (χ0v) is 15.2. The monoisotopic (exact) mass is 367 g/mol. The summed E-state index contributed by atoms with van der Waals surface area (Å²) in [4.78, 5) is 4.46. The second-order valence-corrected chi connectivity index (χ2v) is 6.64. The predicted molar refractivity (Wildman–Crippen MR) is 97.4 cm³/mol. The molecule has 0 aliphatic heterocycles. The molecule has 8 heteroatoms. The predicted octanol–water partition coefficient (Wildman–Crippen LogP) is 4.21. The van der Waals surface area contributed by atoms with Crippen LogP contribution in [0.15, 0.2) is 56.8 Å². The topological polar surface area (TPSA) is 82.8 Å². The molecule has 3 heterocycles. The average molecular weight is 367 g/mol. The minimum absolute atomic E-state index is 0.523. The first-order valence-corrected chi connectivity index (χ1v) is 9.22. The highest BCUT2D eigenvalue weighted by Crippen LogP contribution is 2.27. The lowest BCUT2D eigenvalue weighted by molar-refractivity contribution is 0.391. The van der Waals surface area contributed by atoms with Crippen molar-refractivity contribution in [3.05, 3.63) is 54.1 Å². The van der Waals surface area contributed by atoms with Crippen molar-refractivity contribution in [1.29, 1.82) is 0 Å². The van der Waals surface area contributed by atoms with Crippen LogP contribution in [0.25, 0.3) is 23.0 Å². The lowest BCUT2D eigenvalue weighted by atomic mass is 10.1. The molecule has 0 N–H and O–H groups in total. The molecule has 0 atom stereocenters. The summed E-state index contributed by atoms with van der Waals surface area (Å²) in [6.07, 6.45) is 1.63. The molecular formula is C18H17N5O2S. The molecule has 1 aromatic carbocycles. The molecule has 0 saturated carbocycles. The van der Waals surface area contributed by atoms with Gasteiger partial charge >= 0.3 is 0 Å². The Morgan fingerprint density at radius 2 is 1.96 bits per heavy atom. The van der Waals surface area contributed by atoms with Crippen molar-refractivity contribution in [3.8, 4) is 23.0 Å². The van der Waals surface area contributed by atoms with E-state index in [2.05, 4.69) is 20.3 Å². The highest BCUT2D eigenvalue weighted by Gasteiger charge is 2.16. The van der Waals surface area contributed by atoms with E-state index in [9.17, 15) is 0 Å². The van der Waals surface area contributed by atoms with E-state index < -0.39 is 0 Å². The first-order chi connectivity index (χ1) is 12.7. The van der Waals surface area contributed by atoms with Gasteiger partial charge in [-0.2, -0.15) is 4.98 Å². The van der Waals surface area contributed by atoms with Crippen molar-refractivity contribution < 1.29 is 8.94 Å². The fourth-order valence-electron chi connectivity index (χ4n) is 2.53. The maximum atomic E-state index is 5.43. The van der Waals surface area contributed by atoms with E-state index in [0.717, 1.165) is 17.3 Å². The van der Waals surface area contributed by atoms with E-state index in [1.165, 1.54) is 17.3 Å². The molecule has 3 aromatic heterocycles. The average Bonchev–Trinajstić information content (AvgIpc) is 3.40. The van der Waals surface area contributed by atoms with Gasteiger partial charge in [0.1, 0.15) is 0 Å². The molecule has 0 unspecified atom stereocenters. The summed E-state index contributed by atoms with van der Waals surface area (Å²) in [6.45, 7) is 4.83. The molecule has 26 heavy (non-hydrogen) atoms. The lowest BCUT2D eigenvalue weighted by Gasteiger charge is -2.04. The molecular weight excluding hydrogens is 350 g/mol. The van der Waals surface area contributed by atoms with E-state index in [4.69, 9.17) is 8.94 Å². The normalized spacial score (nSPS) is 11.2. The Hall–Kier alpha value is -2.87. The van der Waals surface area contributed by atoms with Crippen LogP contribution in [0, 0.1) is 6.92 Å². The Morgan fingerprint density at radius 1 is 1.12 bits per heavy atom. The molecule has 0 aliphatic carbocycles. The van der Waals surface area contributed by atoms with E-state index >= 15 is 0 Å². The minimum Gasteiger partial charge on any atom is -0.461 e. The van der Waals surface area contributed by atoms with Crippen molar-refractivity contribution in [3.63, 3.8) is 0 Å². The van der Waals surface area contributed by atoms with Crippen LogP contribution in [0.5, 0.6) is 0 Å². The molecule has 0 saturated heterocycles. The molecule has 4 rings (SSSR count). The quantitative estimate of drug-likeness (QED) is 0.472. The zero-order chi connectivity index (χ0) is 17.9. The summed E-state index contributed by atoms with van der Waals surface area (Å²) in [7, 11) is 0. The second kappa shape index (κ2) is 7.17. The van der Waals surface area contributed by atoms with Gasteiger partial charge in [-0.05, 0) is 26.0 Å². The standard InChI is InChI=1S/C18H17N5O2S/c1-3-23-17(14-5-4-10-24-14)20-21-18(23)26-11-15-19-16(22-25-15)13-8-6-12(2)7-9-13/h4-10H,3,11H2,1-2H3. The van der Waals surface area contributed by atoms with Crippen LogP contribution >= 0.6 is 11.8 Å². The van der Waals surface area contributed by atoms with E-state index in [1.807, 2.05) is 54.8 Å². The molecule has 0 bridgehead atoms. The van der Waals surface area contributed by atoms with E-state index in [0.29, 0.717) is 29.1 Å². The maximum Gasteiger partial charge on any atom is 0.237 e. The number of hydrogen-bond donors (Lipinski definition) is 0. The summed E-state index contributed by atoms with van der Waals surface area (Å²) in [6, 6.07) is 11.7. The van der Waals surface area contributed by atoms with Gasteiger partial charge in [0.15, 0.2) is 16.7 Å². The molecule has 132 valence electrons. The lowest BCUT2D eigenvalue weighted by Crippen LogP contribution is -1.99. The minimum atomic E-state index is 0.523. The zero-order valence-electron chi connectivity index (χ0n) is 14.4. The maximum absolute atomic E-state index is 5.43. The number of thioether (sulfide) groups is 1. The van der Waals surface area contributed by atoms with Crippen molar-refractivity contribution in [2.24, 2.45) is 0 Å². The Kier molecular flexibility index (Phi) is 4.57. The molecule has 7 nitrogen and oxygen atoms in total. The Bertz CT molecular complexity index is 989. The summed E-state index contributed by atoms with van der Waals surface area (Å²) in [5, 5.41) is 13.3. The largest absolute Gasteiger partial charge is 0.461 e. The molecule has 0 amide bonds. The number of aromatic nitrogens is 5. The number of furan rings is 1. The Labute approximate surface area is 154 Å². The van der Waals surface area contributed by atoms with Crippen LogP contribution < -0.4 is 0 Å². The number of benzene rings is 1. The van der Waals surface area contributed by atoms with E-state index in [1.54, 1.807) is 6.26 Å². The highest BCUT2D eigenvalue weighted by atomic mass is 32.2. The molecule has 0 spiro atoms. The van der Waals surface area contributed by atoms with Crippen LogP contribution in [0.3, 0.4) is 0 Å². The van der Waals surface area contributed by atoms with Gasteiger partial charge in [-0.25, -0.2) is 0 Å². The van der Waals surface area contributed by atoms with Gasteiger partial charge in [-0.1, -0.05) is 46.7 Å². The van der Waals surface area contributed by atoms with Crippen LogP contribution in [0.4, 0.5) is 0 Å². The van der Waals surface area contributed by atoms with Crippen molar-refractivity contribution in [2.45, 2.75) is 31.3 Å². The molecule has 0 aliphatic rings. The van der Waals surface area contributed by atoms with Gasteiger partial charge in [0.2, 0.25) is 11.7 Å². The molecule has 0 fully saturated rings. The van der Waals surface area contributed by atoms with Crippen molar-refractivity contribution >= 4 is 11.8 Å². The highest BCUT2D eigenvalue weighted by molar-refractivity contribution is 7.98. The second-order valence-electron chi connectivity index (χ2n) is 5.69. The van der Waals surface area contributed by atoms with Crippen molar-refractivity contribution in [2.75, 3.05) is 0 Å². The number of aryl methyl sites for hydroxylation is 1. The number of hydrogen-bond acceptors (Lipinski definition) is 7. The van der Waals surface area contributed by atoms with Gasteiger partial charge in [-0.3, -0.25) is 4.57 Å². The molecule has 0 radical (unpaired) electrons. The number of rotatable bonds is 6. The van der Waals surface area contributed by atoms with Gasteiger partial charge in [0.05, 0.1) is 12.0 Å². The summed E-state index contributed by atoms with van der Waals surface area (Å²) in [5.74, 6) is 3.08. The van der Waals surface area contributed by atoms with Crippen LogP contribution in [-0.2, 0) is 12.3 Å². The Balaban J connectivity index is 1.49. The smallest absolute Gasteiger partial charge is 0.237 e. The third-order valence-corrected chi connectivity index (χ3v) is 4.83. The van der Waals surface area contributed by atoms with Crippen LogP contribution in [0.1, 0.15) is 18.4 Å².